The minimum Gasteiger partial charge on any atom is -0.436 e. The highest BCUT2D eigenvalue weighted by molar-refractivity contribution is 5.84. The summed E-state index contributed by atoms with van der Waals surface area (Å²) in [7, 11) is 0. The van der Waals surface area contributed by atoms with Gasteiger partial charge in [0.2, 0.25) is 5.89 Å². The molecule has 6 heteroatoms. The van der Waals surface area contributed by atoms with Crippen molar-refractivity contribution < 1.29 is 9.21 Å². The lowest BCUT2D eigenvalue weighted by Crippen LogP contribution is -1.86. The molecule has 0 radical (unpaired) electrons. The number of H-pyrrole nitrogens is 1. The molecule has 0 aliphatic rings. The molecule has 0 bridgehead atoms. The quantitative estimate of drug-likeness (QED) is 0.582. The number of carbonyl (C=O) groups is 1. The van der Waals surface area contributed by atoms with E-state index in [0.717, 1.165) is 33.6 Å². The van der Waals surface area contributed by atoms with Gasteiger partial charge in [-0.2, -0.15) is 5.10 Å². The van der Waals surface area contributed by atoms with Crippen LogP contribution in [0.1, 0.15) is 21.9 Å². The number of hydrogen-bond donors (Lipinski definition) is 1. The van der Waals surface area contributed by atoms with E-state index in [9.17, 15) is 4.79 Å². The molecule has 4 rings (SSSR count). The van der Waals surface area contributed by atoms with Crippen LogP contribution in [0.15, 0.2) is 40.9 Å². The Morgan fingerprint density at radius 3 is 2.75 bits per heavy atom. The second kappa shape index (κ2) is 5.42. The lowest BCUT2D eigenvalue weighted by Gasteiger charge is -2.00. The van der Waals surface area contributed by atoms with Crippen molar-refractivity contribution in [3.05, 3.63) is 53.6 Å². The summed E-state index contributed by atoms with van der Waals surface area (Å²) >= 11 is 0. The van der Waals surface area contributed by atoms with E-state index >= 15 is 0 Å². The van der Waals surface area contributed by atoms with Crippen molar-refractivity contribution in [1.82, 2.24) is 20.2 Å². The lowest BCUT2D eigenvalue weighted by molar-refractivity contribution is 0.111. The summed E-state index contributed by atoms with van der Waals surface area (Å²) in [5, 5.41) is 7.23. The van der Waals surface area contributed by atoms with Crippen molar-refractivity contribution in [2.45, 2.75) is 13.8 Å². The van der Waals surface area contributed by atoms with E-state index in [1.807, 2.05) is 32.0 Å². The summed E-state index contributed by atoms with van der Waals surface area (Å²) < 4.78 is 5.81. The van der Waals surface area contributed by atoms with Gasteiger partial charge >= 0.3 is 0 Å². The number of carbonyl (C=O) groups excluding carboxylic acids is 1. The predicted molar refractivity (Wildman–Crippen MR) is 89.7 cm³/mol. The van der Waals surface area contributed by atoms with Crippen molar-refractivity contribution in [2.24, 2.45) is 0 Å². The van der Waals surface area contributed by atoms with Crippen LogP contribution in [0.2, 0.25) is 0 Å². The average Bonchev–Trinajstić information content (AvgIpc) is 3.17. The number of aryl methyl sites for hydroxylation is 2. The Morgan fingerprint density at radius 1 is 1.12 bits per heavy atom. The van der Waals surface area contributed by atoms with Crippen molar-refractivity contribution in [2.75, 3.05) is 0 Å². The van der Waals surface area contributed by atoms with Crippen LogP contribution in [0.5, 0.6) is 0 Å². The molecule has 3 heterocycles. The molecular formula is C18H14N4O2. The molecule has 24 heavy (non-hydrogen) atoms. The molecule has 3 aromatic heterocycles. The van der Waals surface area contributed by atoms with E-state index < -0.39 is 0 Å². The summed E-state index contributed by atoms with van der Waals surface area (Å²) in [6, 6.07) is 9.29. The maximum atomic E-state index is 10.9. The first kappa shape index (κ1) is 14.3. The minimum atomic E-state index is 0.347. The van der Waals surface area contributed by atoms with E-state index in [-0.39, 0.29) is 0 Å². The van der Waals surface area contributed by atoms with Crippen molar-refractivity contribution in [3.63, 3.8) is 0 Å². The van der Waals surface area contributed by atoms with E-state index in [4.69, 9.17) is 4.42 Å². The second-order valence-corrected chi connectivity index (χ2v) is 5.60. The highest BCUT2D eigenvalue weighted by Gasteiger charge is 2.13. The van der Waals surface area contributed by atoms with Crippen LogP contribution in [-0.2, 0) is 0 Å². The number of fused-ring (bicyclic) bond motifs is 1. The Balaban J connectivity index is 1.83. The Kier molecular flexibility index (Phi) is 3.23. The zero-order valence-corrected chi connectivity index (χ0v) is 13.2. The van der Waals surface area contributed by atoms with E-state index in [0.29, 0.717) is 23.5 Å². The summed E-state index contributed by atoms with van der Waals surface area (Å²) in [5.41, 5.74) is 6.59. The van der Waals surface area contributed by atoms with Gasteiger partial charge in [0.05, 0.1) is 5.69 Å². The summed E-state index contributed by atoms with van der Waals surface area (Å²) in [6.07, 6.45) is 2.27. The highest BCUT2D eigenvalue weighted by Crippen LogP contribution is 2.30. The van der Waals surface area contributed by atoms with Gasteiger partial charge in [-0.05, 0) is 43.7 Å². The van der Waals surface area contributed by atoms with Crippen LogP contribution in [0.25, 0.3) is 33.7 Å². The third-order valence-corrected chi connectivity index (χ3v) is 3.95. The maximum absolute atomic E-state index is 10.9. The minimum absolute atomic E-state index is 0.347. The van der Waals surface area contributed by atoms with E-state index in [1.54, 1.807) is 18.3 Å². The van der Waals surface area contributed by atoms with Gasteiger partial charge < -0.3 is 4.42 Å². The SMILES string of the molecule is Cc1n[nH]c(C)c1-c1ccc2oc(-c3ccnc(C=O)c3)nc2c1. The van der Waals surface area contributed by atoms with Crippen LogP contribution in [0, 0.1) is 13.8 Å². The molecule has 0 saturated carbocycles. The number of aldehydes is 1. The topological polar surface area (TPSA) is 84.7 Å². The molecule has 4 aromatic rings. The number of rotatable bonds is 3. The normalized spacial score (nSPS) is 11.1. The fourth-order valence-corrected chi connectivity index (χ4v) is 2.83. The van der Waals surface area contributed by atoms with Crippen molar-refractivity contribution in [3.8, 4) is 22.6 Å². The predicted octanol–water partition coefficient (Wildman–Crippen LogP) is 3.71. The smallest absolute Gasteiger partial charge is 0.227 e. The van der Waals surface area contributed by atoms with Crippen LogP contribution in [0.4, 0.5) is 0 Å². The van der Waals surface area contributed by atoms with Gasteiger partial charge in [0, 0.05) is 23.0 Å². The van der Waals surface area contributed by atoms with Crippen molar-refractivity contribution >= 4 is 17.4 Å². The molecule has 1 N–H and O–H groups in total. The first-order valence-corrected chi connectivity index (χ1v) is 7.50. The Hall–Kier alpha value is -3.28. The molecule has 1 aromatic carbocycles. The molecule has 118 valence electrons. The summed E-state index contributed by atoms with van der Waals surface area (Å²) in [4.78, 5) is 19.4. The summed E-state index contributed by atoms with van der Waals surface area (Å²) in [6.45, 7) is 3.96. The van der Waals surface area contributed by atoms with Crippen LogP contribution >= 0.6 is 0 Å². The molecule has 0 fully saturated rings. The third-order valence-electron chi connectivity index (χ3n) is 3.95. The number of benzene rings is 1. The molecule has 0 spiro atoms. The van der Waals surface area contributed by atoms with Crippen molar-refractivity contribution in [1.29, 1.82) is 0 Å². The zero-order chi connectivity index (χ0) is 16.7. The number of nitrogens with zero attached hydrogens (tertiary/aromatic N) is 3. The van der Waals surface area contributed by atoms with Gasteiger partial charge in [-0.15, -0.1) is 0 Å². The van der Waals surface area contributed by atoms with Crippen LogP contribution in [-0.4, -0.2) is 26.5 Å². The van der Waals surface area contributed by atoms with Gasteiger partial charge in [-0.3, -0.25) is 14.9 Å². The van der Waals surface area contributed by atoms with Gasteiger partial charge in [-0.25, -0.2) is 4.98 Å². The number of aromatic nitrogens is 4. The maximum Gasteiger partial charge on any atom is 0.227 e. The Morgan fingerprint density at radius 2 is 2.00 bits per heavy atom. The van der Waals surface area contributed by atoms with Gasteiger partial charge in [0.1, 0.15) is 11.2 Å². The molecule has 6 nitrogen and oxygen atoms in total. The molecule has 0 aliphatic carbocycles. The van der Waals surface area contributed by atoms with Crippen LogP contribution < -0.4 is 0 Å². The van der Waals surface area contributed by atoms with Gasteiger partial charge in [0.25, 0.3) is 0 Å². The third kappa shape index (κ3) is 2.28. The number of oxazole rings is 1. The standard InChI is InChI=1S/C18H14N4O2/c1-10-17(11(2)22-21-10)12-3-4-16-15(8-12)20-18(24-16)13-5-6-19-14(7-13)9-23/h3-9H,1-2H3,(H,21,22). The first-order chi connectivity index (χ1) is 11.7. The highest BCUT2D eigenvalue weighted by atomic mass is 16.3. The molecule has 0 unspecified atom stereocenters. The van der Waals surface area contributed by atoms with E-state index in [1.165, 1.54) is 0 Å². The molecular weight excluding hydrogens is 304 g/mol. The molecule has 0 aliphatic heterocycles. The number of nitrogens with one attached hydrogen (secondary N) is 1. The van der Waals surface area contributed by atoms with E-state index in [2.05, 4.69) is 20.2 Å². The number of hydrogen-bond acceptors (Lipinski definition) is 5. The Bertz CT molecular complexity index is 1040. The summed E-state index contributed by atoms with van der Waals surface area (Å²) in [5.74, 6) is 0.466. The van der Waals surface area contributed by atoms with Gasteiger partial charge in [-0.1, -0.05) is 6.07 Å². The number of pyridine rings is 1. The van der Waals surface area contributed by atoms with Crippen LogP contribution in [0.3, 0.4) is 0 Å². The fraction of sp³-hybridized carbons (Fsp3) is 0.111. The molecule has 0 saturated heterocycles. The monoisotopic (exact) mass is 318 g/mol. The first-order valence-electron chi connectivity index (χ1n) is 7.50. The zero-order valence-electron chi connectivity index (χ0n) is 13.2. The number of aromatic amines is 1. The molecule has 0 atom stereocenters. The molecule has 0 amide bonds. The largest absolute Gasteiger partial charge is 0.436 e. The Labute approximate surface area is 137 Å². The average molecular weight is 318 g/mol. The fourth-order valence-electron chi connectivity index (χ4n) is 2.83. The van der Waals surface area contributed by atoms with Gasteiger partial charge in [0.15, 0.2) is 11.9 Å². The second-order valence-electron chi connectivity index (χ2n) is 5.60. The lowest BCUT2D eigenvalue weighted by atomic mass is 10.0.